The number of hydrogen-bond acceptors (Lipinski definition) is 1. The number of aryl methyl sites for hydroxylation is 1. The van der Waals surface area contributed by atoms with Crippen LogP contribution in [0.4, 0.5) is 4.39 Å². The van der Waals surface area contributed by atoms with Gasteiger partial charge in [0, 0.05) is 5.39 Å². The van der Waals surface area contributed by atoms with Crippen LogP contribution < -0.4 is 0 Å². The average Bonchev–Trinajstić information content (AvgIpc) is 2.02. The predicted molar refractivity (Wildman–Crippen MR) is 50.3 cm³/mol. The molecular formula is C11H9FO. The molecule has 1 N–H and O–H groups in total. The Morgan fingerprint density at radius 3 is 2.77 bits per heavy atom. The van der Waals surface area contributed by atoms with Gasteiger partial charge in [-0.3, -0.25) is 0 Å². The minimum Gasteiger partial charge on any atom is -0.508 e. The Balaban J connectivity index is 2.94. The van der Waals surface area contributed by atoms with Gasteiger partial charge < -0.3 is 5.11 Å². The van der Waals surface area contributed by atoms with Crippen LogP contribution >= 0.6 is 0 Å². The smallest absolute Gasteiger partial charge is 0.131 e. The Morgan fingerprint density at radius 2 is 2.00 bits per heavy atom. The molecule has 0 unspecified atom stereocenters. The molecule has 2 aromatic carbocycles. The Hall–Kier alpha value is -1.57. The van der Waals surface area contributed by atoms with E-state index in [1.165, 1.54) is 6.07 Å². The van der Waals surface area contributed by atoms with Crippen molar-refractivity contribution >= 4 is 10.8 Å². The maximum absolute atomic E-state index is 13.3. The lowest BCUT2D eigenvalue weighted by Gasteiger charge is -2.03. The SMILES string of the molecule is Cc1cc(O)cc2cccc(F)c12. The lowest BCUT2D eigenvalue weighted by Crippen LogP contribution is -1.83. The fourth-order valence-electron chi connectivity index (χ4n) is 1.57. The van der Waals surface area contributed by atoms with Crippen LogP contribution in [0, 0.1) is 12.7 Å². The number of phenolic OH excluding ortho intramolecular Hbond substituents is 1. The summed E-state index contributed by atoms with van der Waals surface area (Å²) in [4.78, 5) is 0. The summed E-state index contributed by atoms with van der Waals surface area (Å²) < 4.78 is 13.3. The lowest BCUT2D eigenvalue weighted by molar-refractivity contribution is 0.475. The third-order valence-electron chi connectivity index (χ3n) is 2.11. The lowest BCUT2D eigenvalue weighted by atomic mass is 10.0. The highest BCUT2D eigenvalue weighted by Crippen LogP contribution is 2.25. The third kappa shape index (κ3) is 1.24. The van der Waals surface area contributed by atoms with Gasteiger partial charge >= 0.3 is 0 Å². The molecule has 0 amide bonds. The van der Waals surface area contributed by atoms with E-state index in [4.69, 9.17) is 0 Å². The van der Waals surface area contributed by atoms with E-state index in [0.29, 0.717) is 5.39 Å². The molecule has 66 valence electrons. The molecule has 13 heavy (non-hydrogen) atoms. The Kier molecular flexibility index (Phi) is 1.69. The largest absolute Gasteiger partial charge is 0.508 e. The maximum atomic E-state index is 13.3. The summed E-state index contributed by atoms with van der Waals surface area (Å²) in [6.07, 6.45) is 0. The number of aromatic hydroxyl groups is 1. The monoisotopic (exact) mass is 176 g/mol. The third-order valence-corrected chi connectivity index (χ3v) is 2.11. The van der Waals surface area contributed by atoms with Crippen molar-refractivity contribution in [2.24, 2.45) is 0 Å². The first kappa shape index (κ1) is 8.05. The van der Waals surface area contributed by atoms with Gasteiger partial charge in [0.05, 0.1) is 0 Å². The minimum atomic E-state index is -0.241. The first-order chi connectivity index (χ1) is 6.18. The fourth-order valence-corrected chi connectivity index (χ4v) is 1.57. The summed E-state index contributed by atoms with van der Waals surface area (Å²) in [7, 11) is 0. The normalized spacial score (nSPS) is 10.6. The highest BCUT2D eigenvalue weighted by Gasteiger charge is 2.04. The molecule has 0 bridgehead atoms. The molecule has 0 saturated heterocycles. The molecule has 0 saturated carbocycles. The van der Waals surface area contributed by atoms with Crippen LogP contribution in [0.5, 0.6) is 5.75 Å². The second-order valence-corrected chi connectivity index (χ2v) is 3.10. The predicted octanol–water partition coefficient (Wildman–Crippen LogP) is 2.99. The van der Waals surface area contributed by atoms with E-state index in [1.807, 2.05) is 0 Å². The molecule has 0 atom stereocenters. The highest BCUT2D eigenvalue weighted by molar-refractivity contribution is 5.87. The molecule has 1 nitrogen and oxygen atoms in total. The quantitative estimate of drug-likeness (QED) is 0.654. The van der Waals surface area contributed by atoms with Crippen molar-refractivity contribution in [3.8, 4) is 5.75 Å². The van der Waals surface area contributed by atoms with Crippen molar-refractivity contribution < 1.29 is 9.50 Å². The van der Waals surface area contributed by atoms with Gasteiger partial charge in [-0.2, -0.15) is 0 Å². The van der Waals surface area contributed by atoms with E-state index < -0.39 is 0 Å². The standard InChI is InChI=1S/C11H9FO/c1-7-5-9(13)6-8-3-2-4-10(12)11(7)8/h2-6,13H,1H3. The summed E-state index contributed by atoms with van der Waals surface area (Å²) >= 11 is 0. The molecule has 2 aromatic rings. The summed E-state index contributed by atoms with van der Waals surface area (Å²) in [5.41, 5.74) is 0.758. The molecule has 0 aliphatic rings. The van der Waals surface area contributed by atoms with E-state index in [9.17, 15) is 9.50 Å². The molecule has 0 aromatic heterocycles. The van der Waals surface area contributed by atoms with Crippen molar-refractivity contribution in [3.05, 3.63) is 41.7 Å². The molecule has 0 aliphatic heterocycles. The van der Waals surface area contributed by atoms with Crippen LogP contribution in [0.3, 0.4) is 0 Å². The number of rotatable bonds is 0. The van der Waals surface area contributed by atoms with Gasteiger partial charge in [-0.1, -0.05) is 12.1 Å². The van der Waals surface area contributed by atoms with Crippen molar-refractivity contribution in [2.45, 2.75) is 6.92 Å². The summed E-state index contributed by atoms with van der Waals surface area (Å²) in [6.45, 7) is 1.78. The van der Waals surface area contributed by atoms with Crippen LogP contribution in [0.25, 0.3) is 10.8 Å². The Labute approximate surface area is 75.4 Å². The molecule has 2 rings (SSSR count). The van der Waals surface area contributed by atoms with Crippen LogP contribution in [0.2, 0.25) is 0 Å². The van der Waals surface area contributed by atoms with E-state index in [2.05, 4.69) is 0 Å². The van der Waals surface area contributed by atoms with Gasteiger partial charge in [0.2, 0.25) is 0 Å². The van der Waals surface area contributed by atoms with Gasteiger partial charge in [-0.05, 0) is 36.1 Å². The Bertz CT molecular complexity index is 463. The van der Waals surface area contributed by atoms with Crippen LogP contribution in [-0.2, 0) is 0 Å². The van der Waals surface area contributed by atoms with Gasteiger partial charge in [-0.15, -0.1) is 0 Å². The highest BCUT2D eigenvalue weighted by atomic mass is 19.1. The first-order valence-electron chi connectivity index (χ1n) is 4.06. The van der Waals surface area contributed by atoms with Gasteiger partial charge in [0.1, 0.15) is 11.6 Å². The second-order valence-electron chi connectivity index (χ2n) is 3.10. The number of hydrogen-bond donors (Lipinski definition) is 1. The van der Waals surface area contributed by atoms with Crippen molar-refractivity contribution in [3.63, 3.8) is 0 Å². The Morgan fingerprint density at radius 1 is 1.23 bits per heavy atom. The molecule has 0 heterocycles. The van der Waals surface area contributed by atoms with E-state index in [0.717, 1.165) is 10.9 Å². The minimum absolute atomic E-state index is 0.176. The maximum Gasteiger partial charge on any atom is 0.131 e. The zero-order valence-corrected chi connectivity index (χ0v) is 7.21. The second kappa shape index (κ2) is 2.73. The summed E-state index contributed by atoms with van der Waals surface area (Å²) in [5, 5.41) is 10.6. The van der Waals surface area contributed by atoms with Crippen molar-refractivity contribution in [1.82, 2.24) is 0 Å². The molecule has 0 radical (unpaired) electrons. The van der Waals surface area contributed by atoms with E-state index in [1.54, 1.807) is 31.2 Å². The molecule has 0 spiro atoms. The van der Waals surface area contributed by atoms with Crippen molar-refractivity contribution in [1.29, 1.82) is 0 Å². The molecule has 0 fully saturated rings. The fraction of sp³-hybridized carbons (Fsp3) is 0.0909. The zero-order valence-electron chi connectivity index (χ0n) is 7.21. The van der Waals surface area contributed by atoms with E-state index >= 15 is 0 Å². The van der Waals surface area contributed by atoms with Crippen molar-refractivity contribution in [2.75, 3.05) is 0 Å². The van der Waals surface area contributed by atoms with Crippen LogP contribution in [0.15, 0.2) is 30.3 Å². The average molecular weight is 176 g/mol. The number of phenols is 1. The topological polar surface area (TPSA) is 20.2 Å². The molecule has 2 heteroatoms. The van der Waals surface area contributed by atoms with Gasteiger partial charge in [0.25, 0.3) is 0 Å². The number of benzene rings is 2. The zero-order chi connectivity index (χ0) is 9.42. The summed E-state index contributed by atoms with van der Waals surface area (Å²) in [6, 6.07) is 7.96. The van der Waals surface area contributed by atoms with E-state index in [-0.39, 0.29) is 11.6 Å². The van der Waals surface area contributed by atoms with Crippen LogP contribution in [-0.4, -0.2) is 5.11 Å². The number of halogens is 1. The number of fused-ring (bicyclic) bond motifs is 1. The summed E-state index contributed by atoms with van der Waals surface area (Å²) in [5.74, 6) is -0.0643. The van der Waals surface area contributed by atoms with Crippen LogP contribution in [0.1, 0.15) is 5.56 Å². The van der Waals surface area contributed by atoms with Gasteiger partial charge in [-0.25, -0.2) is 4.39 Å². The molecular weight excluding hydrogens is 167 g/mol. The van der Waals surface area contributed by atoms with Gasteiger partial charge in [0.15, 0.2) is 0 Å². The molecule has 0 aliphatic carbocycles. The first-order valence-corrected chi connectivity index (χ1v) is 4.06.